The number of hydrogen-bond donors (Lipinski definition) is 1. The number of benzene rings is 2. The lowest BCUT2D eigenvalue weighted by Gasteiger charge is -2.18. The molecular weight excluding hydrogens is 455 g/mol. The number of rotatable bonds is 9. The molecule has 9 heteroatoms. The van der Waals surface area contributed by atoms with Crippen LogP contribution < -0.4 is 9.62 Å². The average molecular weight is 483 g/mol. The van der Waals surface area contributed by atoms with Gasteiger partial charge in [-0.05, 0) is 50.1 Å². The van der Waals surface area contributed by atoms with E-state index < -0.39 is 10.0 Å². The lowest BCUT2D eigenvalue weighted by molar-refractivity contribution is 0.560. The summed E-state index contributed by atoms with van der Waals surface area (Å²) >= 11 is 12.8. The van der Waals surface area contributed by atoms with Crippen LogP contribution in [0.4, 0.5) is 5.82 Å². The highest BCUT2D eigenvalue weighted by Crippen LogP contribution is 2.31. The van der Waals surface area contributed by atoms with Crippen LogP contribution in [0.2, 0.25) is 10.0 Å². The first kappa shape index (κ1) is 23.9. The molecule has 2 aromatic carbocycles. The second-order valence-corrected chi connectivity index (χ2v) is 10.4. The van der Waals surface area contributed by atoms with Crippen molar-refractivity contribution in [2.45, 2.75) is 39.1 Å². The van der Waals surface area contributed by atoms with E-state index in [9.17, 15) is 8.42 Å². The van der Waals surface area contributed by atoms with Gasteiger partial charge in [-0.1, -0.05) is 43.1 Å². The standard InChI is InChI=1S/C22H28Cl2N4O2S/c1-5-27(6-2)22-17-12-16(31(29,30)25-13-15(3)4)10-11-21(17)28(26-22)14-18-19(23)8-7-9-20(18)24/h7-12,15,25H,5-6,13-14H2,1-4H3. The van der Waals surface area contributed by atoms with Gasteiger partial charge in [0.15, 0.2) is 5.82 Å². The van der Waals surface area contributed by atoms with E-state index in [2.05, 4.69) is 9.62 Å². The molecule has 0 radical (unpaired) electrons. The highest BCUT2D eigenvalue weighted by Gasteiger charge is 2.21. The topological polar surface area (TPSA) is 67.2 Å². The second-order valence-electron chi connectivity index (χ2n) is 7.78. The van der Waals surface area contributed by atoms with Crippen LogP contribution in [0.5, 0.6) is 0 Å². The Morgan fingerprint density at radius 2 is 1.74 bits per heavy atom. The van der Waals surface area contributed by atoms with Crippen LogP contribution in [0, 0.1) is 5.92 Å². The number of nitrogens with one attached hydrogen (secondary N) is 1. The van der Waals surface area contributed by atoms with Crippen molar-refractivity contribution in [2.24, 2.45) is 5.92 Å². The van der Waals surface area contributed by atoms with Crippen molar-refractivity contribution in [1.82, 2.24) is 14.5 Å². The van der Waals surface area contributed by atoms with Crippen molar-refractivity contribution in [3.8, 4) is 0 Å². The molecule has 3 aromatic rings. The number of fused-ring (bicyclic) bond motifs is 1. The third-order valence-electron chi connectivity index (χ3n) is 5.13. The van der Waals surface area contributed by atoms with E-state index in [0.29, 0.717) is 23.1 Å². The Morgan fingerprint density at radius 1 is 1.10 bits per heavy atom. The first-order valence-electron chi connectivity index (χ1n) is 10.4. The molecule has 0 saturated carbocycles. The van der Waals surface area contributed by atoms with Crippen LogP contribution in [0.25, 0.3) is 10.9 Å². The van der Waals surface area contributed by atoms with Crippen molar-refractivity contribution in [2.75, 3.05) is 24.5 Å². The number of anilines is 1. The fraction of sp³-hybridized carbons (Fsp3) is 0.409. The second kappa shape index (κ2) is 9.77. The molecular formula is C22H28Cl2N4O2S. The van der Waals surface area contributed by atoms with Gasteiger partial charge in [0.05, 0.1) is 17.0 Å². The molecule has 6 nitrogen and oxygen atoms in total. The lowest BCUT2D eigenvalue weighted by Crippen LogP contribution is -2.27. The van der Waals surface area contributed by atoms with E-state index in [-0.39, 0.29) is 10.8 Å². The van der Waals surface area contributed by atoms with Crippen LogP contribution in [-0.2, 0) is 16.6 Å². The van der Waals surface area contributed by atoms with Gasteiger partial charge < -0.3 is 4.90 Å². The van der Waals surface area contributed by atoms with Crippen LogP contribution >= 0.6 is 23.2 Å². The van der Waals surface area contributed by atoms with Gasteiger partial charge in [-0.2, -0.15) is 5.10 Å². The predicted molar refractivity (Wildman–Crippen MR) is 129 cm³/mol. The Balaban J connectivity index is 2.13. The molecule has 0 aliphatic heterocycles. The van der Waals surface area contributed by atoms with Crippen LogP contribution in [0.3, 0.4) is 0 Å². The summed E-state index contributed by atoms with van der Waals surface area (Å²) in [7, 11) is -3.61. The quantitative estimate of drug-likeness (QED) is 0.456. The van der Waals surface area contributed by atoms with Crippen molar-refractivity contribution in [3.63, 3.8) is 0 Å². The Kier molecular flexibility index (Phi) is 7.52. The van der Waals surface area contributed by atoms with Gasteiger partial charge >= 0.3 is 0 Å². The molecule has 0 aliphatic carbocycles. The highest BCUT2D eigenvalue weighted by molar-refractivity contribution is 7.89. The Hall–Kier alpha value is -1.80. The Morgan fingerprint density at radius 3 is 2.32 bits per heavy atom. The maximum atomic E-state index is 12.8. The average Bonchev–Trinajstić information content (AvgIpc) is 3.08. The smallest absolute Gasteiger partial charge is 0.240 e. The molecule has 0 bridgehead atoms. The molecule has 31 heavy (non-hydrogen) atoms. The van der Waals surface area contributed by atoms with E-state index >= 15 is 0 Å². The van der Waals surface area contributed by atoms with Gasteiger partial charge in [-0.3, -0.25) is 4.68 Å². The third-order valence-corrected chi connectivity index (χ3v) is 7.26. The van der Waals surface area contributed by atoms with Crippen molar-refractivity contribution < 1.29 is 8.42 Å². The van der Waals surface area contributed by atoms with Gasteiger partial charge in [0.25, 0.3) is 0 Å². The summed E-state index contributed by atoms with van der Waals surface area (Å²) < 4.78 is 30.1. The largest absolute Gasteiger partial charge is 0.355 e. The molecule has 0 spiro atoms. The maximum Gasteiger partial charge on any atom is 0.240 e. The molecule has 1 heterocycles. The zero-order chi connectivity index (χ0) is 22.8. The van der Waals surface area contributed by atoms with Gasteiger partial charge in [-0.25, -0.2) is 13.1 Å². The monoisotopic (exact) mass is 482 g/mol. The SMILES string of the molecule is CCN(CC)c1nn(Cc2c(Cl)cccc2Cl)c2ccc(S(=O)(=O)NCC(C)C)cc12. The fourth-order valence-electron chi connectivity index (χ4n) is 3.38. The summed E-state index contributed by atoms with van der Waals surface area (Å²) in [6, 6.07) is 10.5. The van der Waals surface area contributed by atoms with E-state index in [1.165, 1.54) is 0 Å². The molecule has 0 saturated heterocycles. The summed E-state index contributed by atoms with van der Waals surface area (Å²) in [4.78, 5) is 2.33. The third kappa shape index (κ3) is 5.17. The maximum absolute atomic E-state index is 12.8. The Labute approximate surface area is 194 Å². The first-order valence-corrected chi connectivity index (χ1v) is 12.6. The minimum atomic E-state index is -3.61. The van der Waals surface area contributed by atoms with Gasteiger partial charge in [0, 0.05) is 40.6 Å². The molecule has 1 N–H and O–H groups in total. The van der Waals surface area contributed by atoms with Crippen LogP contribution in [-0.4, -0.2) is 37.8 Å². The molecule has 0 unspecified atom stereocenters. The van der Waals surface area contributed by atoms with Crippen molar-refractivity contribution in [3.05, 3.63) is 52.0 Å². The van der Waals surface area contributed by atoms with Crippen LogP contribution in [0.1, 0.15) is 33.3 Å². The summed E-state index contributed by atoms with van der Waals surface area (Å²) in [6.45, 7) is 10.3. The van der Waals surface area contributed by atoms with E-state index in [0.717, 1.165) is 35.4 Å². The molecule has 1 aromatic heterocycles. The predicted octanol–water partition coefficient (Wildman–Crippen LogP) is 5.17. The zero-order valence-corrected chi connectivity index (χ0v) is 20.5. The van der Waals surface area contributed by atoms with Crippen molar-refractivity contribution >= 4 is 49.9 Å². The van der Waals surface area contributed by atoms with Gasteiger partial charge in [0.2, 0.25) is 10.0 Å². The van der Waals surface area contributed by atoms with Crippen molar-refractivity contribution in [1.29, 1.82) is 0 Å². The highest BCUT2D eigenvalue weighted by atomic mass is 35.5. The molecule has 0 amide bonds. The minimum Gasteiger partial charge on any atom is -0.355 e. The number of halogens is 2. The van der Waals surface area contributed by atoms with E-state index in [4.69, 9.17) is 28.3 Å². The fourth-order valence-corrected chi connectivity index (χ4v) is 5.14. The molecule has 0 fully saturated rings. The molecule has 3 rings (SSSR count). The summed E-state index contributed by atoms with van der Waals surface area (Å²) in [6.07, 6.45) is 0. The molecule has 0 atom stereocenters. The minimum absolute atomic E-state index is 0.216. The number of sulfonamides is 1. The first-order chi connectivity index (χ1) is 14.7. The van der Waals surface area contributed by atoms with Crippen LogP contribution in [0.15, 0.2) is 41.3 Å². The summed E-state index contributed by atoms with van der Waals surface area (Å²) in [5.41, 5.74) is 1.59. The zero-order valence-electron chi connectivity index (χ0n) is 18.2. The lowest BCUT2D eigenvalue weighted by atomic mass is 10.2. The summed E-state index contributed by atoms with van der Waals surface area (Å²) in [5, 5.41) is 6.73. The summed E-state index contributed by atoms with van der Waals surface area (Å²) in [5.74, 6) is 0.956. The number of nitrogens with zero attached hydrogens (tertiary/aromatic N) is 3. The van der Waals surface area contributed by atoms with Gasteiger partial charge in [-0.15, -0.1) is 0 Å². The normalized spacial score (nSPS) is 12.1. The molecule has 0 aliphatic rings. The number of hydrogen-bond acceptors (Lipinski definition) is 4. The molecule has 168 valence electrons. The Bertz CT molecular complexity index is 1150. The van der Waals surface area contributed by atoms with Gasteiger partial charge in [0.1, 0.15) is 0 Å². The van der Waals surface area contributed by atoms with E-state index in [1.54, 1.807) is 36.4 Å². The number of aromatic nitrogens is 2. The van der Waals surface area contributed by atoms with E-state index in [1.807, 2.05) is 32.4 Å².